The Hall–Kier alpha value is -2.82. The Balaban J connectivity index is 1.91. The fourth-order valence-electron chi connectivity index (χ4n) is 2.43. The summed E-state index contributed by atoms with van der Waals surface area (Å²) in [4.78, 5) is 17.7. The Morgan fingerprint density at radius 2 is 1.72 bits per heavy atom. The summed E-state index contributed by atoms with van der Waals surface area (Å²) in [6.45, 7) is 2.74. The van der Waals surface area contributed by atoms with Crippen molar-refractivity contribution in [1.82, 2.24) is 15.5 Å². The molecule has 0 saturated heterocycles. The Morgan fingerprint density at radius 3 is 2.28 bits per heavy atom. The molecule has 0 aliphatic rings. The summed E-state index contributed by atoms with van der Waals surface area (Å²) in [5.74, 6) is 0.749. The molecule has 2 N–H and O–H groups in total. The second-order valence-corrected chi connectivity index (χ2v) is 6.10. The van der Waals surface area contributed by atoms with Crippen LogP contribution >= 0.6 is 0 Å². The molecule has 0 bridgehead atoms. The Labute approximate surface area is 149 Å². The maximum atomic E-state index is 11.9. The fraction of sp³-hybridized carbons (Fsp3) is 0.300. The number of hydrogen-bond acceptors (Lipinski definition) is 2. The average molecular weight is 338 g/mol. The lowest BCUT2D eigenvalue weighted by atomic mass is 10.1. The molecule has 2 rings (SSSR count). The first kappa shape index (κ1) is 18.5. The molecule has 5 nitrogen and oxygen atoms in total. The van der Waals surface area contributed by atoms with Gasteiger partial charge in [-0.25, -0.2) is 0 Å². The molecule has 25 heavy (non-hydrogen) atoms. The highest BCUT2D eigenvalue weighted by Gasteiger charge is 2.09. The minimum absolute atomic E-state index is 0.00803. The molecule has 5 heteroatoms. The monoisotopic (exact) mass is 338 g/mol. The molecule has 0 aromatic heterocycles. The van der Waals surface area contributed by atoms with Crippen LogP contribution in [-0.4, -0.2) is 37.9 Å². The van der Waals surface area contributed by atoms with Crippen molar-refractivity contribution in [1.29, 1.82) is 0 Å². The number of carbonyl (C=O) groups excluding carboxylic acids is 1. The van der Waals surface area contributed by atoms with Crippen LogP contribution in [0.2, 0.25) is 0 Å². The van der Waals surface area contributed by atoms with Gasteiger partial charge in [0.25, 0.3) is 5.91 Å². The number of hydrogen-bond donors (Lipinski definition) is 2. The molecule has 0 saturated carbocycles. The predicted molar refractivity (Wildman–Crippen MR) is 103 cm³/mol. The molecule has 0 fully saturated rings. The third-order valence-electron chi connectivity index (χ3n) is 3.94. The summed E-state index contributed by atoms with van der Waals surface area (Å²) in [7, 11) is 5.26. The van der Waals surface area contributed by atoms with Crippen LogP contribution in [0, 0.1) is 0 Å². The normalized spacial score (nSPS) is 12.4. The molecule has 0 radical (unpaired) electrons. The van der Waals surface area contributed by atoms with Gasteiger partial charge in [0, 0.05) is 33.3 Å². The minimum Gasteiger partial charge on any atom is -0.352 e. The smallest absolute Gasteiger partial charge is 0.253 e. The summed E-state index contributed by atoms with van der Waals surface area (Å²) in [6, 6.07) is 18.0. The van der Waals surface area contributed by atoms with Crippen LogP contribution in [0.15, 0.2) is 59.6 Å². The average Bonchev–Trinajstić information content (AvgIpc) is 2.65. The van der Waals surface area contributed by atoms with Gasteiger partial charge >= 0.3 is 0 Å². The summed E-state index contributed by atoms with van der Waals surface area (Å²) < 4.78 is 0. The summed E-state index contributed by atoms with van der Waals surface area (Å²) in [6.07, 6.45) is 0. The van der Waals surface area contributed by atoms with E-state index in [-0.39, 0.29) is 11.9 Å². The zero-order valence-corrected chi connectivity index (χ0v) is 15.3. The van der Waals surface area contributed by atoms with E-state index in [9.17, 15) is 4.79 Å². The van der Waals surface area contributed by atoms with Crippen molar-refractivity contribution < 1.29 is 4.79 Å². The van der Waals surface area contributed by atoms with Crippen LogP contribution < -0.4 is 10.6 Å². The van der Waals surface area contributed by atoms with E-state index in [1.165, 1.54) is 5.56 Å². The van der Waals surface area contributed by atoms with E-state index in [0.717, 1.165) is 11.5 Å². The number of carbonyl (C=O) groups is 1. The Kier molecular flexibility index (Phi) is 6.57. The highest BCUT2D eigenvalue weighted by atomic mass is 16.2. The molecule has 0 spiro atoms. The summed E-state index contributed by atoms with van der Waals surface area (Å²) in [5, 5.41) is 6.68. The van der Waals surface area contributed by atoms with Gasteiger partial charge in [0.2, 0.25) is 0 Å². The van der Waals surface area contributed by atoms with Gasteiger partial charge in [-0.05, 0) is 30.2 Å². The van der Waals surface area contributed by atoms with E-state index in [1.807, 2.05) is 42.5 Å². The van der Waals surface area contributed by atoms with Crippen LogP contribution in [0.25, 0.3) is 0 Å². The van der Waals surface area contributed by atoms with Crippen molar-refractivity contribution in [2.75, 3.05) is 21.1 Å². The Morgan fingerprint density at radius 1 is 1.08 bits per heavy atom. The van der Waals surface area contributed by atoms with Crippen molar-refractivity contribution in [2.24, 2.45) is 4.99 Å². The maximum Gasteiger partial charge on any atom is 0.253 e. The lowest BCUT2D eigenvalue weighted by molar-refractivity contribution is 0.0827. The topological polar surface area (TPSA) is 56.7 Å². The van der Waals surface area contributed by atoms with Crippen LogP contribution in [0.4, 0.5) is 0 Å². The third-order valence-corrected chi connectivity index (χ3v) is 3.94. The van der Waals surface area contributed by atoms with Crippen molar-refractivity contribution in [2.45, 2.75) is 19.5 Å². The molecule has 1 atom stereocenters. The molecule has 0 heterocycles. The zero-order valence-electron chi connectivity index (χ0n) is 15.3. The second kappa shape index (κ2) is 8.87. The highest BCUT2D eigenvalue weighted by Crippen LogP contribution is 2.11. The van der Waals surface area contributed by atoms with Gasteiger partial charge < -0.3 is 15.5 Å². The molecular formula is C20H26N4O. The molecule has 0 aliphatic heterocycles. The molecule has 132 valence electrons. The van der Waals surface area contributed by atoms with E-state index in [0.29, 0.717) is 12.1 Å². The summed E-state index contributed by atoms with van der Waals surface area (Å²) in [5.41, 5.74) is 2.98. The van der Waals surface area contributed by atoms with Crippen molar-refractivity contribution in [3.8, 4) is 0 Å². The number of guanidine groups is 1. The van der Waals surface area contributed by atoms with Gasteiger partial charge in [0.05, 0.1) is 6.04 Å². The molecule has 2 aromatic carbocycles. The van der Waals surface area contributed by atoms with Gasteiger partial charge in [-0.15, -0.1) is 0 Å². The largest absolute Gasteiger partial charge is 0.352 e. The standard InChI is InChI=1S/C20H26N4O/c1-15(17-8-6-5-7-9-17)23-20(21-2)22-14-16-10-12-18(13-11-16)19(25)24(3)4/h5-13,15H,14H2,1-4H3,(H2,21,22,23). The first-order chi connectivity index (χ1) is 12.0. The fourth-order valence-corrected chi connectivity index (χ4v) is 2.43. The Bertz CT molecular complexity index is 708. The van der Waals surface area contributed by atoms with E-state index >= 15 is 0 Å². The number of nitrogens with zero attached hydrogens (tertiary/aromatic N) is 2. The van der Waals surface area contributed by atoms with Gasteiger partial charge in [-0.1, -0.05) is 42.5 Å². The van der Waals surface area contributed by atoms with E-state index in [2.05, 4.69) is 34.7 Å². The SMILES string of the molecule is CN=C(NCc1ccc(C(=O)N(C)C)cc1)NC(C)c1ccccc1. The number of benzene rings is 2. The molecule has 2 aromatic rings. The molecular weight excluding hydrogens is 312 g/mol. The first-order valence-corrected chi connectivity index (χ1v) is 8.34. The van der Waals surface area contributed by atoms with Crippen molar-refractivity contribution in [3.05, 3.63) is 71.3 Å². The zero-order chi connectivity index (χ0) is 18.2. The van der Waals surface area contributed by atoms with E-state index < -0.39 is 0 Å². The van der Waals surface area contributed by atoms with E-state index in [1.54, 1.807) is 26.0 Å². The molecule has 1 amide bonds. The van der Waals surface area contributed by atoms with Gasteiger partial charge in [0.1, 0.15) is 0 Å². The van der Waals surface area contributed by atoms with Crippen molar-refractivity contribution >= 4 is 11.9 Å². The second-order valence-electron chi connectivity index (χ2n) is 6.10. The van der Waals surface area contributed by atoms with Gasteiger partial charge in [0.15, 0.2) is 5.96 Å². The predicted octanol–water partition coefficient (Wildman–Crippen LogP) is 2.81. The van der Waals surface area contributed by atoms with Crippen LogP contribution in [-0.2, 0) is 6.54 Å². The van der Waals surface area contributed by atoms with Crippen LogP contribution in [0.1, 0.15) is 34.5 Å². The quantitative estimate of drug-likeness (QED) is 0.651. The van der Waals surface area contributed by atoms with Crippen molar-refractivity contribution in [3.63, 3.8) is 0 Å². The number of amides is 1. The van der Waals surface area contributed by atoms with Gasteiger partial charge in [-0.2, -0.15) is 0 Å². The first-order valence-electron chi connectivity index (χ1n) is 8.34. The minimum atomic E-state index is 0.00803. The lowest BCUT2D eigenvalue weighted by Gasteiger charge is -2.18. The summed E-state index contributed by atoms with van der Waals surface area (Å²) >= 11 is 0. The number of nitrogens with one attached hydrogen (secondary N) is 2. The number of rotatable bonds is 5. The third kappa shape index (κ3) is 5.35. The van der Waals surface area contributed by atoms with Crippen LogP contribution in [0.3, 0.4) is 0 Å². The van der Waals surface area contributed by atoms with Crippen LogP contribution in [0.5, 0.6) is 0 Å². The van der Waals surface area contributed by atoms with Gasteiger partial charge in [-0.3, -0.25) is 9.79 Å². The van der Waals surface area contributed by atoms with E-state index in [4.69, 9.17) is 0 Å². The maximum absolute atomic E-state index is 11.9. The molecule has 0 aliphatic carbocycles. The molecule has 1 unspecified atom stereocenters. The highest BCUT2D eigenvalue weighted by molar-refractivity contribution is 5.93. The number of aliphatic imine (C=N–C) groups is 1. The lowest BCUT2D eigenvalue weighted by Crippen LogP contribution is -2.38.